The Labute approximate surface area is 69.0 Å². The van der Waals surface area contributed by atoms with Gasteiger partial charge in [0.25, 0.3) is 0 Å². The number of rotatable bonds is 0. The largest absolute Gasteiger partial charge is 0.137 e. The molecule has 0 bridgehead atoms. The second-order valence-corrected chi connectivity index (χ2v) is 4.55. The molecule has 0 aromatic carbocycles. The van der Waals surface area contributed by atoms with E-state index in [9.17, 15) is 0 Å². The van der Waals surface area contributed by atoms with Gasteiger partial charge in [0, 0.05) is 0 Å². The van der Waals surface area contributed by atoms with E-state index in [4.69, 9.17) is 0 Å². The second-order valence-electron chi connectivity index (χ2n) is 2.49. The Hall–Kier alpha value is -0.210. The van der Waals surface area contributed by atoms with Crippen molar-refractivity contribution < 1.29 is 0 Å². The summed E-state index contributed by atoms with van der Waals surface area (Å²) in [4.78, 5) is 0. The molecule has 0 saturated carbocycles. The molecule has 0 radical (unpaired) electrons. The maximum Gasteiger partial charge on any atom is 0.0675 e. The Morgan fingerprint density at radius 1 is 1.50 bits per heavy atom. The summed E-state index contributed by atoms with van der Waals surface area (Å²) in [6.45, 7) is 2.19. The number of fused-ring (bicyclic) bond motifs is 1. The molecule has 0 saturated heterocycles. The molecule has 0 atom stereocenters. The zero-order valence-corrected chi connectivity index (χ0v) is 7.39. The molecule has 1 aliphatic heterocycles. The van der Waals surface area contributed by atoms with Gasteiger partial charge in [-0.2, -0.15) is 0 Å². The van der Waals surface area contributed by atoms with Crippen LogP contribution in [0.5, 0.6) is 0 Å². The Morgan fingerprint density at radius 2 is 2.40 bits per heavy atom. The van der Waals surface area contributed by atoms with E-state index in [1.54, 1.807) is 0 Å². The van der Waals surface area contributed by atoms with Gasteiger partial charge in [0.2, 0.25) is 0 Å². The summed E-state index contributed by atoms with van der Waals surface area (Å²) in [5.74, 6) is 0. The van der Waals surface area contributed by atoms with Crippen LogP contribution in [0.25, 0.3) is 0 Å². The molecule has 0 unspecified atom stereocenters. The summed E-state index contributed by atoms with van der Waals surface area (Å²) >= 11 is 3.71. The molecule has 0 fully saturated rings. The lowest BCUT2D eigenvalue weighted by atomic mass is 10.1. The average molecular weight is 168 g/mol. The van der Waals surface area contributed by atoms with Gasteiger partial charge in [0.1, 0.15) is 0 Å². The molecule has 0 amide bonds. The van der Waals surface area contributed by atoms with Gasteiger partial charge in [0.05, 0.1) is 4.21 Å². The van der Waals surface area contributed by atoms with Crippen LogP contribution in [-0.4, -0.2) is 0 Å². The van der Waals surface area contributed by atoms with Crippen LogP contribution < -0.4 is 0 Å². The maximum absolute atomic E-state index is 2.25. The van der Waals surface area contributed by atoms with Crippen LogP contribution in [0, 0.1) is 0 Å². The zero-order valence-electron chi connectivity index (χ0n) is 5.76. The highest BCUT2D eigenvalue weighted by molar-refractivity contribution is 8.04. The fraction of sp³-hybridized carbons (Fsp3) is 0.250. The van der Waals surface area contributed by atoms with Crippen LogP contribution in [0.15, 0.2) is 26.6 Å². The van der Waals surface area contributed by atoms with Crippen LogP contribution in [0.1, 0.15) is 12.5 Å². The van der Waals surface area contributed by atoms with Crippen LogP contribution in [0.4, 0.5) is 0 Å². The van der Waals surface area contributed by atoms with Crippen LogP contribution >= 0.6 is 23.1 Å². The van der Waals surface area contributed by atoms with Crippen LogP contribution in [-0.2, 0) is 6.42 Å². The lowest BCUT2D eigenvalue weighted by molar-refractivity contribution is 1.12. The van der Waals surface area contributed by atoms with E-state index in [1.807, 2.05) is 23.1 Å². The molecule has 2 rings (SSSR count). The van der Waals surface area contributed by atoms with E-state index in [-0.39, 0.29) is 0 Å². The van der Waals surface area contributed by atoms with E-state index in [2.05, 4.69) is 23.8 Å². The summed E-state index contributed by atoms with van der Waals surface area (Å²) in [6.07, 6.45) is 1.16. The quantitative estimate of drug-likeness (QED) is 0.572. The first-order valence-corrected chi connectivity index (χ1v) is 5.01. The third-order valence-corrected chi connectivity index (χ3v) is 3.87. The fourth-order valence-corrected chi connectivity index (χ4v) is 2.92. The van der Waals surface area contributed by atoms with Crippen molar-refractivity contribution in [2.45, 2.75) is 17.6 Å². The Balaban J connectivity index is 2.39. The molecule has 0 N–H and O–H groups in total. The van der Waals surface area contributed by atoms with Crippen LogP contribution in [0.3, 0.4) is 0 Å². The van der Waals surface area contributed by atoms with Crippen LogP contribution in [0.2, 0.25) is 0 Å². The topological polar surface area (TPSA) is 0 Å². The Morgan fingerprint density at radius 3 is 3.30 bits per heavy atom. The van der Waals surface area contributed by atoms with Crippen molar-refractivity contribution in [3.05, 3.63) is 28.0 Å². The summed E-state index contributed by atoms with van der Waals surface area (Å²) < 4.78 is 1.48. The highest BCUT2D eigenvalue weighted by atomic mass is 32.2. The highest BCUT2D eigenvalue weighted by Gasteiger charge is 2.08. The van der Waals surface area contributed by atoms with Crippen molar-refractivity contribution in [2.24, 2.45) is 0 Å². The first-order valence-electron chi connectivity index (χ1n) is 3.25. The molecule has 0 spiro atoms. The summed E-state index contributed by atoms with van der Waals surface area (Å²) in [6, 6.07) is 2.23. The third-order valence-electron chi connectivity index (χ3n) is 1.54. The minimum atomic E-state index is 1.16. The Bertz CT molecular complexity index is 271. The van der Waals surface area contributed by atoms with Gasteiger partial charge in [-0.25, -0.2) is 0 Å². The number of allylic oxidation sites excluding steroid dienone is 1. The van der Waals surface area contributed by atoms with E-state index in [0.717, 1.165) is 6.42 Å². The maximum atomic E-state index is 2.25. The SMILES string of the molecule is CC1=CSc2sccc2C1. The molecule has 2 heteroatoms. The molecule has 0 aliphatic carbocycles. The highest BCUT2D eigenvalue weighted by Crippen LogP contribution is 2.35. The van der Waals surface area contributed by atoms with Gasteiger partial charge in [-0.05, 0) is 35.8 Å². The van der Waals surface area contributed by atoms with Gasteiger partial charge in [-0.3, -0.25) is 0 Å². The van der Waals surface area contributed by atoms with E-state index in [0.29, 0.717) is 0 Å². The predicted octanol–water partition coefficient (Wildman–Crippen LogP) is 3.30. The summed E-state index contributed by atoms with van der Waals surface area (Å²) in [5.41, 5.74) is 2.99. The van der Waals surface area contributed by atoms with E-state index < -0.39 is 0 Å². The number of thiophene rings is 1. The molecule has 1 aliphatic rings. The van der Waals surface area contributed by atoms with Gasteiger partial charge in [-0.1, -0.05) is 17.3 Å². The second kappa shape index (κ2) is 2.44. The standard InChI is InChI=1S/C8H8S2/c1-6-4-7-2-3-9-8(7)10-5-6/h2-3,5H,4H2,1H3. The first kappa shape index (κ1) is 6.50. The van der Waals surface area contributed by atoms with E-state index in [1.165, 1.54) is 15.3 Å². The van der Waals surface area contributed by atoms with Crippen molar-refractivity contribution in [1.29, 1.82) is 0 Å². The average Bonchev–Trinajstić information content (AvgIpc) is 2.33. The smallest absolute Gasteiger partial charge is 0.0675 e. The number of hydrogen-bond acceptors (Lipinski definition) is 2. The minimum absolute atomic E-state index is 1.16. The van der Waals surface area contributed by atoms with Crippen molar-refractivity contribution in [3.63, 3.8) is 0 Å². The molecular formula is C8H8S2. The van der Waals surface area contributed by atoms with Crippen molar-refractivity contribution >= 4 is 23.1 Å². The molecule has 0 nitrogen and oxygen atoms in total. The normalized spacial score (nSPS) is 16.3. The first-order chi connectivity index (χ1) is 4.86. The number of thioether (sulfide) groups is 1. The zero-order chi connectivity index (χ0) is 6.97. The van der Waals surface area contributed by atoms with Gasteiger partial charge in [0.15, 0.2) is 0 Å². The van der Waals surface area contributed by atoms with Gasteiger partial charge < -0.3 is 0 Å². The molecule has 1 aromatic rings. The summed E-state index contributed by atoms with van der Waals surface area (Å²) in [7, 11) is 0. The van der Waals surface area contributed by atoms with Gasteiger partial charge in [-0.15, -0.1) is 11.3 Å². The molecule has 1 aromatic heterocycles. The fourth-order valence-electron chi connectivity index (χ4n) is 1.05. The van der Waals surface area contributed by atoms with Crippen molar-refractivity contribution in [3.8, 4) is 0 Å². The lowest BCUT2D eigenvalue weighted by Crippen LogP contribution is -1.88. The molecule has 52 valence electrons. The summed E-state index contributed by atoms with van der Waals surface area (Å²) in [5, 5.41) is 4.42. The molecule has 10 heavy (non-hydrogen) atoms. The third kappa shape index (κ3) is 1.02. The molecule has 2 heterocycles. The monoisotopic (exact) mass is 168 g/mol. The van der Waals surface area contributed by atoms with Gasteiger partial charge >= 0.3 is 0 Å². The predicted molar refractivity (Wildman–Crippen MR) is 47.6 cm³/mol. The van der Waals surface area contributed by atoms with Crippen molar-refractivity contribution in [2.75, 3.05) is 0 Å². The minimum Gasteiger partial charge on any atom is -0.137 e. The lowest BCUT2D eigenvalue weighted by Gasteiger charge is -2.07. The molecular weight excluding hydrogens is 160 g/mol. The van der Waals surface area contributed by atoms with Crippen molar-refractivity contribution in [1.82, 2.24) is 0 Å². The van der Waals surface area contributed by atoms with E-state index >= 15 is 0 Å². The number of hydrogen-bond donors (Lipinski definition) is 0. The Kier molecular flexibility index (Phi) is 1.58.